The highest BCUT2D eigenvalue weighted by Crippen LogP contribution is 2.23. The third-order valence-electron chi connectivity index (χ3n) is 2.42. The molecule has 20 heavy (non-hydrogen) atoms. The number of nitrogens with two attached hydrogens (primary N) is 1. The number of nitrogens with zero attached hydrogens (tertiary/aromatic N) is 4. The standard InChI is InChI=1S/C13H15N5O2/c1-18-16-13(15-17-18)9-20-12-6-5-11(19-2)8-10(12)4-3-7-14/h5-6,8H,7,9,14H2,1-2H3. The SMILES string of the molecule is COc1ccc(OCc2nnn(C)n2)c(C#CCN)c1. The van der Waals surface area contributed by atoms with Gasteiger partial charge in [0.25, 0.3) is 0 Å². The third kappa shape index (κ3) is 3.46. The minimum Gasteiger partial charge on any atom is -0.497 e. The summed E-state index contributed by atoms with van der Waals surface area (Å²) in [6.07, 6.45) is 0. The molecule has 0 saturated heterocycles. The van der Waals surface area contributed by atoms with Crippen LogP contribution in [0.15, 0.2) is 18.2 Å². The maximum Gasteiger partial charge on any atom is 0.212 e. The van der Waals surface area contributed by atoms with Crippen LogP contribution in [0.2, 0.25) is 0 Å². The van der Waals surface area contributed by atoms with E-state index < -0.39 is 0 Å². The van der Waals surface area contributed by atoms with E-state index in [-0.39, 0.29) is 13.2 Å². The first-order chi connectivity index (χ1) is 9.72. The molecule has 7 heteroatoms. The summed E-state index contributed by atoms with van der Waals surface area (Å²) in [6, 6.07) is 5.38. The number of methoxy groups -OCH3 is 1. The second-order valence-corrected chi connectivity index (χ2v) is 3.85. The van der Waals surface area contributed by atoms with Crippen LogP contribution in [0.1, 0.15) is 11.4 Å². The van der Waals surface area contributed by atoms with Gasteiger partial charge in [0.05, 0.1) is 26.3 Å². The highest BCUT2D eigenvalue weighted by Gasteiger charge is 2.06. The Bertz CT molecular complexity index is 642. The van der Waals surface area contributed by atoms with Crippen molar-refractivity contribution in [3.63, 3.8) is 0 Å². The number of rotatable bonds is 4. The van der Waals surface area contributed by atoms with E-state index in [1.807, 2.05) is 0 Å². The fourth-order valence-electron chi connectivity index (χ4n) is 1.53. The van der Waals surface area contributed by atoms with Crippen LogP contribution in [0.25, 0.3) is 0 Å². The minimum atomic E-state index is 0.220. The van der Waals surface area contributed by atoms with E-state index in [9.17, 15) is 0 Å². The summed E-state index contributed by atoms with van der Waals surface area (Å²) in [4.78, 5) is 1.38. The number of benzene rings is 1. The van der Waals surface area contributed by atoms with Gasteiger partial charge < -0.3 is 15.2 Å². The summed E-state index contributed by atoms with van der Waals surface area (Å²) in [7, 11) is 3.29. The zero-order chi connectivity index (χ0) is 14.4. The van der Waals surface area contributed by atoms with Gasteiger partial charge in [-0.1, -0.05) is 11.8 Å². The van der Waals surface area contributed by atoms with E-state index in [0.717, 1.165) is 0 Å². The fraction of sp³-hybridized carbons (Fsp3) is 0.308. The first-order valence-corrected chi connectivity index (χ1v) is 5.95. The highest BCUT2D eigenvalue weighted by molar-refractivity contribution is 5.50. The van der Waals surface area contributed by atoms with Gasteiger partial charge >= 0.3 is 0 Å². The van der Waals surface area contributed by atoms with Crippen molar-refractivity contribution < 1.29 is 9.47 Å². The van der Waals surface area contributed by atoms with Crippen LogP contribution in [0.4, 0.5) is 0 Å². The molecule has 7 nitrogen and oxygen atoms in total. The van der Waals surface area contributed by atoms with Gasteiger partial charge in [0.2, 0.25) is 5.82 Å². The van der Waals surface area contributed by atoms with Gasteiger partial charge in [-0.2, -0.15) is 4.80 Å². The second kappa shape index (κ2) is 6.54. The number of hydrogen-bond donors (Lipinski definition) is 1. The van der Waals surface area contributed by atoms with E-state index in [0.29, 0.717) is 22.9 Å². The molecule has 2 N–H and O–H groups in total. The minimum absolute atomic E-state index is 0.220. The average molecular weight is 273 g/mol. The van der Waals surface area contributed by atoms with Crippen molar-refractivity contribution in [1.82, 2.24) is 20.2 Å². The molecule has 0 radical (unpaired) electrons. The zero-order valence-corrected chi connectivity index (χ0v) is 11.3. The molecule has 0 bridgehead atoms. The Morgan fingerprint density at radius 1 is 1.40 bits per heavy atom. The molecule has 0 unspecified atom stereocenters. The molecule has 1 heterocycles. The largest absolute Gasteiger partial charge is 0.497 e. The van der Waals surface area contributed by atoms with E-state index in [1.165, 1.54) is 4.80 Å². The van der Waals surface area contributed by atoms with Crippen molar-refractivity contribution in [2.24, 2.45) is 12.8 Å². The summed E-state index contributed by atoms with van der Waals surface area (Å²) < 4.78 is 10.8. The summed E-state index contributed by atoms with van der Waals surface area (Å²) in [5.41, 5.74) is 6.10. The number of aryl methyl sites for hydroxylation is 1. The van der Waals surface area contributed by atoms with Gasteiger partial charge in [-0.3, -0.25) is 0 Å². The quantitative estimate of drug-likeness (QED) is 0.795. The van der Waals surface area contributed by atoms with E-state index in [4.69, 9.17) is 15.2 Å². The first-order valence-electron chi connectivity index (χ1n) is 5.95. The van der Waals surface area contributed by atoms with E-state index >= 15 is 0 Å². The molecule has 1 aromatic carbocycles. The Morgan fingerprint density at radius 3 is 2.90 bits per heavy atom. The van der Waals surface area contributed by atoms with Crippen LogP contribution in [0.5, 0.6) is 11.5 Å². The molecular formula is C13H15N5O2. The maximum absolute atomic E-state index is 5.66. The molecule has 2 aromatic rings. The molecular weight excluding hydrogens is 258 g/mol. The van der Waals surface area contributed by atoms with Crippen molar-refractivity contribution >= 4 is 0 Å². The topological polar surface area (TPSA) is 88.1 Å². The van der Waals surface area contributed by atoms with Crippen LogP contribution in [0, 0.1) is 11.8 Å². The Labute approximate surface area is 116 Å². The number of hydrogen-bond acceptors (Lipinski definition) is 6. The average Bonchev–Trinajstić information content (AvgIpc) is 2.89. The molecule has 0 aliphatic heterocycles. The Balaban J connectivity index is 2.17. The Kier molecular flexibility index (Phi) is 4.52. The van der Waals surface area contributed by atoms with Crippen molar-refractivity contribution in [3.8, 4) is 23.3 Å². The van der Waals surface area contributed by atoms with Gasteiger partial charge in [0.1, 0.15) is 11.5 Å². The molecule has 0 amide bonds. The van der Waals surface area contributed by atoms with Crippen molar-refractivity contribution in [3.05, 3.63) is 29.6 Å². The van der Waals surface area contributed by atoms with Gasteiger partial charge in [-0.15, -0.1) is 10.2 Å². The molecule has 0 fully saturated rings. The predicted molar refractivity (Wildman–Crippen MR) is 72.1 cm³/mol. The number of aromatic nitrogens is 4. The lowest BCUT2D eigenvalue weighted by atomic mass is 10.2. The smallest absolute Gasteiger partial charge is 0.212 e. The number of tetrazole rings is 1. The predicted octanol–water partition coefficient (Wildman–Crippen LogP) is 0.108. The Hall–Kier alpha value is -2.59. The molecule has 0 aliphatic carbocycles. The maximum atomic E-state index is 5.66. The van der Waals surface area contributed by atoms with Crippen LogP contribution < -0.4 is 15.2 Å². The fourth-order valence-corrected chi connectivity index (χ4v) is 1.53. The molecule has 2 rings (SSSR count). The monoisotopic (exact) mass is 273 g/mol. The summed E-state index contributed by atoms with van der Waals surface area (Å²) in [6.45, 7) is 0.500. The summed E-state index contributed by atoms with van der Waals surface area (Å²) in [5, 5.41) is 11.6. The molecule has 0 atom stereocenters. The Morgan fingerprint density at radius 2 is 2.25 bits per heavy atom. The molecule has 104 valence electrons. The van der Waals surface area contributed by atoms with Crippen molar-refractivity contribution in [2.45, 2.75) is 6.61 Å². The van der Waals surface area contributed by atoms with Crippen LogP contribution in [0.3, 0.4) is 0 Å². The van der Waals surface area contributed by atoms with Gasteiger partial charge in [-0.25, -0.2) is 0 Å². The van der Waals surface area contributed by atoms with Gasteiger partial charge in [0, 0.05) is 0 Å². The highest BCUT2D eigenvalue weighted by atomic mass is 16.5. The number of ether oxygens (including phenoxy) is 2. The van der Waals surface area contributed by atoms with E-state index in [2.05, 4.69) is 27.3 Å². The van der Waals surface area contributed by atoms with Crippen LogP contribution in [-0.2, 0) is 13.7 Å². The molecule has 0 spiro atoms. The third-order valence-corrected chi connectivity index (χ3v) is 2.42. The van der Waals surface area contributed by atoms with Crippen molar-refractivity contribution in [2.75, 3.05) is 13.7 Å². The van der Waals surface area contributed by atoms with Gasteiger partial charge in [0.15, 0.2) is 6.61 Å². The van der Waals surface area contributed by atoms with Crippen molar-refractivity contribution in [1.29, 1.82) is 0 Å². The molecule has 0 aliphatic rings. The summed E-state index contributed by atoms with van der Waals surface area (Å²) in [5.74, 6) is 7.57. The summed E-state index contributed by atoms with van der Waals surface area (Å²) >= 11 is 0. The van der Waals surface area contributed by atoms with Crippen LogP contribution in [-0.4, -0.2) is 33.9 Å². The lowest BCUT2D eigenvalue weighted by Gasteiger charge is -2.08. The lowest BCUT2D eigenvalue weighted by Crippen LogP contribution is -2.01. The van der Waals surface area contributed by atoms with E-state index in [1.54, 1.807) is 32.4 Å². The first kappa shape index (κ1) is 13.8. The lowest BCUT2D eigenvalue weighted by molar-refractivity contribution is 0.294. The zero-order valence-electron chi connectivity index (χ0n) is 11.3. The molecule has 1 aromatic heterocycles. The van der Waals surface area contributed by atoms with Gasteiger partial charge in [-0.05, 0) is 23.4 Å². The normalized spacial score (nSPS) is 9.75. The van der Waals surface area contributed by atoms with Crippen LogP contribution >= 0.6 is 0 Å². The second-order valence-electron chi connectivity index (χ2n) is 3.85. The molecule has 0 saturated carbocycles.